The molecule has 160 valence electrons. The number of likely N-dealkylation sites (tertiary alicyclic amines) is 1. The molecule has 2 saturated heterocycles. The average molecular weight is 416 g/mol. The summed E-state index contributed by atoms with van der Waals surface area (Å²) in [5.74, 6) is -0.248. The van der Waals surface area contributed by atoms with Crippen molar-refractivity contribution in [1.82, 2.24) is 15.1 Å². The summed E-state index contributed by atoms with van der Waals surface area (Å²) >= 11 is 0. The van der Waals surface area contributed by atoms with Gasteiger partial charge in [-0.3, -0.25) is 19.8 Å². The fourth-order valence-electron chi connectivity index (χ4n) is 4.51. The molecule has 3 heterocycles. The van der Waals surface area contributed by atoms with E-state index in [1.807, 2.05) is 4.90 Å². The zero-order valence-electron chi connectivity index (χ0n) is 16.8. The molecule has 2 fully saturated rings. The van der Waals surface area contributed by atoms with Crippen LogP contribution in [0.1, 0.15) is 25.3 Å². The Bertz CT molecular complexity index is 871. The van der Waals surface area contributed by atoms with Crippen molar-refractivity contribution in [1.29, 1.82) is 0 Å². The summed E-state index contributed by atoms with van der Waals surface area (Å²) < 4.78 is 18.7. The second-order valence-corrected chi connectivity index (χ2v) is 8.05. The van der Waals surface area contributed by atoms with E-state index in [1.165, 1.54) is 12.1 Å². The molecule has 0 radical (unpaired) electrons. The van der Waals surface area contributed by atoms with Gasteiger partial charge in [0.2, 0.25) is 0 Å². The first-order chi connectivity index (χ1) is 14.4. The fraction of sp³-hybridized carbons (Fsp3) is 0.476. The Morgan fingerprint density at radius 2 is 1.90 bits per heavy atom. The van der Waals surface area contributed by atoms with E-state index in [9.17, 15) is 19.3 Å². The molecule has 8 nitrogen and oxygen atoms in total. The number of allylic oxidation sites excluding steroid dienone is 3. The molecule has 9 heteroatoms. The van der Waals surface area contributed by atoms with Gasteiger partial charge in [0.15, 0.2) is 12.4 Å². The fourth-order valence-corrected chi connectivity index (χ4v) is 4.51. The molecule has 3 atom stereocenters. The van der Waals surface area contributed by atoms with Crippen LogP contribution in [-0.2, 0) is 16.1 Å². The molecule has 1 aromatic rings. The minimum atomic E-state index is -1.17. The van der Waals surface area contributed by atoms with Crippen LogP contribution in [0.2, 0.25) is 0 Å². The number of rotatable bonds is 6. The Labute approximate surface area is 174 Å². The third-order valence-corrected chi connectivity index (χ3v) is 5.87. The zero-order valence-corrected chi connectivity index (χ0v) is 16.8. The number of nitrogens with one attached hydrogen (secondary N) is 1. The number of fused-ring (bicyclic) bond motifs is 2. The minimum Gasteiger partial charge on any atom is -0.479 e. The number of hydrogen-bond acceptors (Lipinski definition) is 6. The Hall–Kier alpha value is -2.94. The molecule has 3 unspecified atom stereocenters. The Kier molecular flexibility index (Phi) is 5.72. The number of piperazine rings is 1. The summed E-state index contributed by atoms with van der Waals surface area (Å²) in [5.41, 5.74) is 1.72. The number of benzene rings is 1. The van der Waals surface area contributed by atoms with Crippen LogP contribution < -0.4 is 5.32 Å². The van der Waals surface area contributed by atoms with Crippen LogP contribution in [0.25, 0.3) is 0 Å². The maximum absolute atomic E-state index is 13.1. The predicted octanol–water partition coefficient (Wildman–Crippen LogP) is 2.01. The highest BCUT2D eigenvalue weighted by molar-refractivity contribution is 5.79. The molecule has 30 heavy (non-hydrogen) atoms. The van der Waals surface area contributed by atoms with E-state index < -0.39 is 11.1 Å². The van der Waals surface area contributed by atoms with Gasteiger partial charge in [0, 0.05) is 37.4 Å². The van der Waals surface area contributed by atoms with Crippen LogP contribution in [0.3, 0.4) is 0 Å². The number of halogens is 1. The Balaban J connectivity index is 1.34. The molecule has 1 aromatic carbocycles. The highest BCUT2D eigenvalue weighted by atomic mass is 19.1. The van der Waals surface area contributed by atoms with Crippen molar-refractivity contribution in [2.75, 3.05) is 19.7 Å². The number of amides is 1. The molecule has 1 N–H and O–H groups in total. The van der Waals surface area contributed by atoms with Gasteiger partial charge in [0.05, 0.1) is 4.92 Å². The molecular formula is C21H25FN4O4. The van der Waals surface area contributed by atoms with Crippen molar-refractivity contribution in [3.8, 4) is 0 Å². The number of nitro groups is 1. The number of ether oxygens (including phenoxy) is 1. The number of hydrogen-bond donors (Lipinski definition) is 1. The SMILES string of the molecule is CC1=CC=C(OCC(=O)N2C3CCC2CN(Cc2ccc(F)cc2)C3)C([N+](=O)[O-])N1. The highest BCUT2D eigenvalue weighted by Crippen LogP contribution is 2.31. The van der Waals surface area contributed by atoms with E-state index in [2.05, 4.69) is 10.2 Å². The molecule has 0 aromatic heterocycles. The first-order valence-corrected chi connectivity index (χ1v) is 10.1. The molecule has 2 bridgehead atoms. The highest BCUT2D eigenvalue weighted by Gasteiger charge is 2.42. The van der Waals surface area contributed by atoms with E-state index in [0.717, 1.165) is 38.0 Å². The van der Waals surface area contributed by atoms with Gasteiger partial charge in [0.1, 0.15) is 5.82 Å². The first kappa shape index (κ1) is 20.3. The van der Waals surface area contributed by atoms with Crippen molar-refractivity contribution in [3.05, 3.63) is 69.4 Å². The molecule has 0 spiro atoms. The van der Waals surface area contributed by atoms with Crippen molar-refractivity contribution in [2.45, 2.75) is 44.6 Å². The summed E-state index contributed by atoms with van der Waals surface area (Å²) in [6.45, 7) is 3.75. The Morgan fingerprint density at radius 3 is 2.53 bits per heavy atom. The van der Waals surface area contributed by atoms with Crippen LogP contribution in [0.15, 0.2) is 47.9 Å². The normalized spacial score (nSPS) is 25.9. The van der Waals surface area contributed by atoms with Crippen LogP contribution >= 0.6 is 0 Å². The number of carbonyl (C=O) groups excluding carboxylic acids is 1. The topological polar surface area (TPSA) is 88.0 Å². The van der Waals surface area contributed by atoms with Gasteiger partial charge in [-0.2, -0.15) is 0 Å². The van der Waals surface area contributed by atoms with Gasteiger partial charge < -0.3 is 15.0 Å². The lowest BCUT2D eigenvalue weighted by Crippen LogP contribution is -2.56. The lowest BCUT2D eigenvalue weighted by Gasteiger charge is -2.41. The monoisotopic (exact) mass is 416 g/mol. The second-order valence-electron chi connectivity index (χ2n) is 8.05. The van der Waals surface area contributed by atoms with Gasteiger partial charge in [-0.15, -0.1) is 0 Å². The van der Waals surface area contributed by atoms with Gasteiger partial charge in [-0.1, -0.05) is 12.1 Å². The summed E-state index contributed by atoms with van der Waals surface area (Å²) in [6.07, 6.45) is 3.92. The molecule has 4 rings (SSSR count). The maximum atomic E-state index is 13.1. The smallest absolute Gasteiger partial charge is 0.341 e. The Morgan fingerprint density at radius 1 is 1.23 bits per heavy atom. The largest absolute Gasteiger partial charge is 0.479 e. The number of carbonyl (C=O) groups is 1. The molecule has 0 saturated carbocycles. The van der Waals surface area contributed by atoms with Gasteiger partial charge in [-0.25, -0.2) is 4.39 Å². The second kappa shape index (κ2) is 8.43. The molecule has 1 amide bonds. The van der Waals surface area contributed by atoms with E-state index >= 15 is 0 Å². The standard InChI is InChI=1S/C21H25FN4O4/c1-14-2-9-19(21(23-14)26(28)29)30-13-20(27)25-17-7-8-18(25)12-24(11-17)10-15-3-5-16(22)6-4-15/h2-6,9,17-18,21,23H,7-8,10-13H2,1H3. The van der Waals surface area contributed by atoms with Crippen molar-refractivity contribution >= 4 is 5.91 Å². The van der Waals surface area contributed by atoms with Gasteiger partial charge >= 0.3 is 6.17 Å². The lowest BCUT2D eigenvalue weighted by molar-refractivity contribution is -0.522. The first-order valence-electron chi connectivity index (χ1n) is 10.1. The predicted molar refractivity (Wildman–Crippen MR) is 107 cm³/mol. The third kappa shape index (κ3) is 4.30. The van der Waals surface area contributed by atoms with Gasteiger partial charge in [0.25, 0.3) is 5.91 Å². The van der Waals surface area contributed by atoms with Crippen molar-refractivity contribution < 1.29 is 18.8 Å². The minimum absolute atomic E-state index is 0.104. The van der Waals surface area contributed by atoms with Crippen molar-refractivity contribution in [2.24, 2.45) is 0 Å². The van der Waals surface area contributed by atoms with Crippen LogP contribution in [0.4, 0.5) is 4.39 Å². The summed E-state index contributed by atoms with van der Waals surface area (Å²) in [5, 5.41) is 14.0. The van der Waals surface area contributed by atoms with E-state index in [0.29, 0.717) is 5.70 Å². The molecule has 3 aliphatic rings. The molecule has 0 aliphatic carbocycles. The average Bonchev–Trinajstić information content (AvgIpc) is 2.99. The summed E-state index contributed by atoms with van der Waals surface area (Å²) in [4.78, 5) is 27.8. The number of nitrogens with zero attached hydrogens (tertiary/aromatic N) is 3. The summed E-state index contributed by atoms with van der Waals surface area (Å²) in [7, 11) is 0. The zero-order chi connectivity index (χ0) is 21.3. The van der Waals surface area contributed by atoms with Crippen LogP contribution in [0.5, 0.6) is 0 Å². The lowest BCUT2D eigenvalue weighted by atomic mass is 10.1. The molecular weight excluding hydrogens is 391 g/mol. The van der Waals surface area contributed by atoms with Crippen LogP contribution in [-0.4, -0.2) is 58.6 Å². The van der Waals surface area contributed by atoms with Gasteiger partial charge in [-0.05, 0) is 49.6 Å². The summed E-state index contributed by atoms with van der Waals surface area (Å²) in [6, 6.07) is 6.71. The van der Waals surface area contributed by atoms with E-state index in [-0.39, 0.29) is 36.2 Å². The molecule has 3 aliphatic heterocycles. The quantitative estimate of drug-likeness (QED) is 0.564. The van der Waals surface area contributed by atoms with E-state index in [4.69, 9.17) is 4.74 Å². The maximum Gasteiger partial charge on any atom is 0.341 e. The van der Waals surface area contributed by atoms with Crippen molar-refractivity contribution in [3.63, 3.8) is 0 Å². The van der Waals surface area contributed by atoms with Crippen LogP contribution in [0, 0.1) is 15.9 Å². The van der Waals surface area contributed by atoms with E-state index in [1.54, 1.807) is 31.2 Å². The number of dihydropyridines is 1. The third-order valence-electron chi connectivity index (χ3n) is 5.87.